The largest absolute Gasteiger partial charge is 0.450 e. The zero-order valence-corrected chi connectivity index (χ0v) is 10.9. The summed E-state index contributed by atoms with van der Waals surface area (Å²) in [7, 11) is 0. The molecule has 2 atom stereocenters. The number of nitrogens with two attached hydrogens (primary N) is 2. The van der Waals surface area contributed by atoms with Crippen molar-refractivity contribution >= 4 is 17.8 Å². The summed E-state index contributed by atoms with van der Waals surface area (Å²) in [4.78, 5) is 36.0. The van der Waals surface area contributed by atoms with Crippen LogP contribution >= 0.6 is 0 Å². The van der Waals surface area contributed by atoms with Crippen LogP contribution in [0.15, 0.2) is 0 Å². The smallest absolute Gasteiger partial charge is 0.410 e. The van der Waals surface area contributed by atoms with E-state index >= 15 is 0 Å². The van der Waals surface area contributed by atoms with Crippen molar-refractivity contribution in [3.05, 3.63) is 0 Å². The van der Waals surface area contributed by atoms with Crippen LogP contribution in [-0.2, 0) is 14.3 Å². The molecule has 0 spiro atoms. The van der Waals surface area contributed by atoms with Crippen LogP contribution in [0.5, 0.6) is 0 Å². The average molecular weight is 272 g/mol. The van der Waals surface area contributed by atoms with Gasteiger partial charge >= 0.3 is 6.09 Å². The molecule has 1 aliphatic heterocycles. The molecule has 5 N–H and O–H groups in total. The fourth-order valence-electron chi connectivity index (χ4n) is 1.95. The molecule has 0 aromatic heterocycles. The molecule has 0 aromatic carbocycles. The first-order valence-electron chi connectivity index (χ1n) is 6.19. The molecule has 0 bridgehead atoms. The van der Waals surface area contributed by atoms with Crippen molar-refractivity contribution in [3.8, 4) is 0 Å². The van der Waals surface area contributed by atoms with Gasteiger partial charge in [-0.2, -0.15) is 0 Å². The second-order valence-electron chi connectivity index (χ2n) is 4.29. The minimum Gasteiger partial charge on any atom is -0.450 e. The Labute approximate surface area is 111 Å². The molecule has 19 heavy (non-hydrogen) atoms. The second-order valence-corrected chi connectivity index (χ2v) is 4.29. The quantitative estimate of drug-likeness (QED) is 0.541. The lowest BCUT2D eigenvalue weighted by Gasteiger charge is -2.35. The second kappa shape index (κ2) is 7.05. The van der Waals surface area contributed by atoms with E-state index in [1.165, 1.54) is 4.90 Å². The van der Waals surface area contributed by atoms with E-state index < -0.39 is 24.1 Å². The number of nitrogens with zero attached hydrogens (tertiary/aromatic N) is 1. The zero-order valence-electron chi connectivity index (χ0n) is 10.9. The van der Waals surface area contributed by atoms with Gasteiger partial charge in [0.05, 0.1) is 12.6 Å². The molecular weight excluding hydrogens is 252 g/mol. The summed E-state index contributed by atoms with van der Waals surface area (Å²) in [5.41, 5.74) is 10.6. The van der Waals surface area contributed by atoms with E-state index in [0.717, 1.165) is 0 Å². The minimum atomic E-state index is -1.00. The molecule has 2 amide bonds. The predicted molar refractivity (Wildman–Crippen MR) is 67.2 cm³/mol. The van der Waals surface area contributed by atoms with Crippen molar-refractivity contribution in [1.82, 2.24) is 10.2 Å². The lowest BCUT2D eigenvalue weighted by atomic mass is 10.0. The van der Waals surface area contributed by atoms with Crippen LogP contribution < -0.4 is 16.8 Å². The average Bonchev–Trinajstić information content (AvgIpc) is 2.37. The lowest BCUT2D eigenvalue weighted by Crippen LogP contribution is -2.60. The normalized spacial score (nSPS) is 20.7. The van der Waals surface area contributed by atoms with Crippen molar-refractivity contribution < 1.29 is 19.1 Å². The molecule has 0 radical (unpaired) electrons. The van der Waals surface area contributed by atoms with Gasteiger partial charge in [-0.3, -0.25) is 14.5 Å². The lowest BCUT2D eigenvalue weighted by molar-refractivity contribution is -0.128. The highest BCUT2D eigenvalue weighted by Crippen LogP contribution is 2.09. The molecule has 1 fully saturated rings. The standard InChI is InChI=1S/C11H20N4O4/c1-2-19-11(18)15-4-3-14-6-8(15)10(17)7(12)5-9(13)16/h7-8,14H,2-6,12H2,1H3,(H2,13,16)/t7-,8?/m0/s1. The third kappa shape index (κ3) is 4.18. The van der Waals surface area contributed by atoms with Crippen LogP contribution in [0.4, 0.5) is 4.79 Å². The molecule has 8 nitrogen and oxygen atoms in total. The number of carbonyl (C=O) groups excluding carboxylic acids is 3. The molecule has 0 aliphatic carbocycles. The van der Waals surface area contributed by atoms with Crippen molar-refractivity contribution in [1.29, 1.82) is 0 Å². The van der Waals surface area contributed by atoms with E-state index in [2.05, 4.69) is 5.32 Å². The summed E-state index contributed by atoms with van der Waals surface area (Å²) >= 11 is 0. The highest BCUT2D eigenvalue weighted by atomic mass is 16.6. The number of hydrogen-bond acceptors (Lipinski definition) is 6. The number of nitrogens with one attached hydrogen (secondary N) is 1. The van der Waals surface area contributed by atoms with Crippen LogP contribution in [0.3, 0.4) is 0 Å². The molecule has 0 aromatic rings. The summed E-state index contributed by atoms with van der Waals surface area (Å²) in [5.74, 6) is -1.04. The van der Waals surface area contributed by atoms with Gasteiger partial charge in [0.1, 0.15) is 6.04 Å². The van der Waals surface area contributed by atoms with Gasteiger partial charge in [-0.25, -0.2) is 4.79 Å². The first-order valence-corrected chi connectivity index (χ1v) is 6.19. The maximum atomic E-state index is 12.1. The van der Waals surface area contributed by atoms with Crippen LogP contribution in [0, 0.1) is 0 Å². The van der Waals surface area contributed by atoms with Crippen molar-refractivity contribution in [3.63, 3.8) is 0 Å². The van der Waals surface area contributed by atoms with Gasteiger partial charge in [-0.15, -0.1) is 0 Å². The summed E-state index contributed by atoms with van der Waals surface area (Å²) in [6.07, 6.45) is -0.778. The Bertz CT molecular complexity index is 361. The maximum absolute atomic E-state index is 12.1. The Morgan fingerprint density at radius 2 is 2.16 bits per heavy atom. The Hall–Kier alpha value is -1.67. The highest BCUT2D eigenvalue weighted by Gasteiger charge is 2.35. The molecular formula is C11H20N4O4. The molecule has 1 heterocycles. The van der Waals surface area contributed by atoms with E-state index in [4.69, 9.17) is 16.2 Å². The number of carbonyl (C=O) groups is 3. The van der Waals surface area contributed by atoms with Crippen LogP contribution in [-0.4, -0.2) is 61.0 Å². The number of ketones is 1. The van der Waals surface area contributed by atoms with Gasteiger partial charge in [-0.05, 0) is 6.92 Å². The van der Waals surface area contributed by atoms with E-state index in [1.807, 2.05) is 0 Å². The van der Waals surface area contributed by atoms with Crippen molar-refractivity contribution in [2.45, 2.75) is 25.4 Å². The third-order valence-corrected chi connectivity index (χ3v) is 2.86. The minimum absolute atomic E-state index is 0.230. The topological polar surface area (TPSA) is 128 Å². The van der Waals surface area contributed by atoms with Crippen LogP contribution in [0.2, 0.25) is 0 Å². The molecule has 108 valence electrons. The Morgan fingerprint density at radius 1 is 1.47 bits per heavy atom. The molecule has 1 unspecified atom stereocenters. The molecule has 1 saturated heterocycles. The number of primary amides is 1. The van der Waals surface area contributed by atoms with E-state index in [1.54, 1.807) is 6.92 Å². The molecule has 8 heteroatoms. The number of hydrogen-bond donors (Lipinski definition) is 3. The number of piperazine rings is 1. The molecule has 1 aliphatic rings. The van der Waals surface area contributed by atoms with E-state index in [9.17, 15) is 14.4 Å². The number of amides is 2. The maximum Gasteiger partial charge on any atom is 0.410 e. The van der Waals surface area contributed by atoms with Gasteiger partial charge in [-0.1, -0.05) is 0 Å². The first-order chi connectivity index (χ1) is 8.97. The summed E-state index contributed by atoms with van der Waals surface area (Å²) in [6, 6.07) is -1.72. The molecule has 0 saturated carbocycles. The van der Waals surface area contributed by atoms with Gasteiger partial charge in [0.15, 0.2) is 5.78 Å². The van der Waals surface area contributed by atoms with E-state index in [0.29, 0.717) is 19.6 Å². The SMILES string of the molecule is CCOC(=O)N1CCNCC1C(=O)[C@@H](N)CC(N)=O. The van der Waals surface area contributed by atoms with Gasteiger partial charge in [0.25, 0.3) is 0 Å². The Kier molecular flexibility index (Phi) is 5.71. The van der Waals surface area contributed by atoms with Gasteiger partial charge < -0.3 is 21.5 Å². The Morgan fingerprint density at radius 3 is 2.74 bits per heavy atom. The van der Waals surface area contributed by atoms with Gasteiger partial charge in [0, 0.05) is 26.1 Å². The number of Topliss-reactive ketones (excluding diaryl/α,β-unsaturated/α-hetero) is 1. The van der Waals surface area contributed by atoms with Crippen molar-refractivity contribution in [2.75, 3.05) is 26.2 Å². The zero-order chi connectivity index (χ0) is 14.4. The first kappa shape index (κ1) is 15.4. The Balaban J connectivity index is 2.73. The van der Waals surface area contributed by atoms with Crippen LogP contribution in [0.1, 0.15) is 13.3 Å². The van der Waals surface area contributed by atoms with Crippen molar-refractivity contribution in [2.24, 2.45) is 11.5 Å². The van der Waals surface area contributed by atoms with Gasteiger partial charge in [0.2, 0.25) is 5.91 Å². The predicted octanol–water partition coefficient (Wildman–Crippen LogP) is -1.81. The summed E-state index contributed by atoms with van der Waals surface area (Å²) < 4.78 is 4.90. The van der Waals surface area contributed by atoms with Crippen LogP contribution in [0.25, 0.3) is 0 Å². The number of ether oxygens (including phenoxy) is 1. The fourth-order valence-corrected chi connectivity index (χ4v) is 1.95. The summed E-state index contributed by atoms with van der Waals surface area (Å²) in [6.45, 7) is 3.16. The van der Waals surface area contributed by atoms with E-state index in [-0.39, 0.29) is 18.8 Å². The third-order valence-electron chi connectivity index (χ3n) is 2.86. The summed E-state index contributed by atoms with van der Waals surface area (Å²) in [5, 5.41) is 3.01. The fraction of sp³-hybridized carbons (Fsp3) is 0.727. The molecule has 1 rings (SSSR count). The highest BCUT2D eigenvalue weighted by molar-refractivity contribution is 5.94. The monoisotopic (exact) mass is 272 g/mol. The number of rotatable bonds is 5.